The number of urea groups is 1. The van der Waals surface area contributed by atoms with Crippen molar-refractivity contribution in [2.24, 2.45) is 11.8 Å². The highest BCUT2D eigenvalue weighted by Gasteiger charge is 2.50. The molecule has 3 aliphatic rings. The lowest BCUT2D eigenvalue weighted by Crippen LogP contribution is -2.51. The number of hydrogen-bond acceptors (Lipinski definition) is 3. The number of fused-ring (bicyclic) bond motifs is 1. The van der Waals surface area contributed by atoms with Crippen molar-refractivity contribution in [3.8, 4) is 0 Å². The topological polar surface area (TPSA) is 60.9 Å². The van der Waals surface area contributed by atoms with Crippen LogP contribution in [0.1, 0.15) is 25.7 Å². The number of hydrogen-bond donors (Lipinski definition) is 1. The fourth-order valence-corrected chi connectivity index (χ4v) is 5.27. The normalized spacial score (nSPS) is 36.1. The van der Waals surface area contributed by atoms with Gasteiger partial charge in [-0.05, 0) is 36.9 Å². The van der Waals surface area contributed by atoms with Crippen LogP contribution < -0.4 is 0 Å². The maximum Gasteiger partial charge on any atom is 0.326 e. The second-order valence-corrected chi connectivity index (χ2v) is 7.35. The molecule has 5 nitrogen and oxygen atoms in total. The molecule has 0 radical (unpaired) electrons. The van der Waals surface area contributed by atoms with E-state index in [1.54, 1.807) is 9.80 Å². The Bertz CT molecular complexity index is 411. The van der Waals surface area contributed by atoms with Crippen LogP contribution >= 0.6 is 11.8 Å². The van der Waals surface area contributed by atoms with Gasteiger partial charge in [-0.15, -0.1) is 0 Å². The van der Waals surface area contributed by atoms with Gasteiger partial charge in [-0.2, -0.15) is 11.8 Å². The van der Waals surface area contributed by atoms with E-state index in [4.69, 9.17) is 0 Å². The van der Waals surface area contributed by atoms with Crippen LogP contribution in [-0.2, 0) is 4.79 Å². The Morgan fingerprint density at radius 1 is 1.30 bits per heavy atom. The van der Waals surface area contributed by atoms with Crippen molar-refractivity contribution in [3.05, 3.63) is 0 Å². The number of nitrogens with zero attached hydrogens (tertiary/aromatic N) is 2. The predicted octanol–water partition coefficient (Wildman–Crippen LogP) is 1.73. The van der Waals surface area contributed by atoms with Gasteiger partial charge in [-0.1, -0.05) is 6.42 Å². The van der Waals surface area contributed by atoms with Gasteiger partial charge in [-0.3, -0.25) is 0 Å². The molecule has 1 saturated carbocycles. The lowest BCUT2D eigenvalue weighted by atomic mass is 9.94. The first kappa shape index (κ1) is 14.0. The van der Waals surface area contributed by atoms with Crippen molar-refractivity contribution in [3.63, 3.8) is 0 Å². The van der Waals surface area contributed by atoms with Gasteiger partial charge < -0.3 is 14.9 Å². The Balaban J connectivity index is 1.74. The Morgan fingerprint density at radius 3 is 2.75 bits per heavy atom. The van der Waals surface area contributed by atoms with Gasteiger partial charge in [-0.25, -0.2) is 9.59 Å². The van der Waals surface area contributed by atoms with E-state index in [1.807, 2.05) is 18.8 Å². The Kier molecular flexibility index (Phi) is 3.84. The highest BCUT2D eigenvalue weighted by Crippen LogP contribution is 2.42. The molecule has 0 aromatic rings. The first-order valence-corrected chi connectivity index (χ1v) is 8.59. The Labute approximate surface area is 123 Å². The summed E-state index contributed by atoms with van der Waals surface area (Å²) in [6.07, 6.45) is 4.15. The smallest absolute Gasteiger partial charge is 0.326 e. The van der Waals surface area contributed by atoms with Gasteiger partial charge >= 0.3 is 12.0 Å². The molecule has 0 aromatic carbocycles. The fraction of sp³-hybridized carbons (Fsp3) is 0.857. The number of thioether (sulfide) groups is 1. The van der Waals surface area contributed by atoms with E-state index >= 15 is 0 Å². The zero-order valence-electron chi connectivity index (χ0n) is 11.8. The van der Waals surface area contributed by atoms with Crippen molar-refractivity contribution >= 4 is 23.8 Å². The number of carboxylic acids is 1. The van der Waals surface area contributed by atoms with Gasteiger partial charge in [0, 0.05) is 25.4 Å². The van der Waals surface area contributed by atoms with Crippen LogP contribution in [0.3, 0.4) is 0 Å². The van der Waals surface area contributed by atoms with Crippen LogP contribution in [0.5, 0.6) is 0 Å². The summed E-state index contributed by atoms with van der Waals surface area (Å²) >= 11 is 1.87. The quantitative estimate of drug-likeness (QED) is 0.843. The van der Waals surface area contributed by atoms with Crippen molar-refractivity contribution in [2.75, 3.05) is 25.1 Å². The maximum atomic E-state index is 12.7. The zero-order chi connectivity index (χ0) is 14.3. The molecule has 3 fully saturated rings. The summed E-state index contributed by atoms with van der Waals surface area (Å²) in [5.41, 5.74) is 0. The lowest BCUT2D eigenvalue weighted by Gasteiger charge is -2.32. The molecule has 4 unspecified atom stereocenters. The number of rotatable bonds is 2. The van der Waals surface area contributed by atoms with E-state index in [0.717, 1.165) is 37.2 Å². The average Bonchev–Trinajstić information content (AvgIpc) is 3.11. The van der Waals surface area contributed by atoms with Crippen LogP contribution in [0.25, 0.3) is 0 Å². The van der Waals surface area contributed by atoms with E-state index in [9.17, 15) is 14.7 Å². The zero-order valence-corrected chi connectivity index (χ0v) is 12.6. The van der Waals surface area contributed by atoms with Crippen LogP contribution in [0.4, 0.5) is 4.79 Å². The van der Waals surface area contributed by atoms with Crippen molar-refractivity contribution in [1.82, 2.24) is 9.80 Å². The number of carbonyl (C=O) groups is 2. The second-order valence-electron chi connectivity index (χ2n) is 6.20. The molecule has 2 heterocycles. The molecule has 20 heavy (non-hydrogen) atoms. The summed E-state index contributed by atoms with van der Waals surface area (Å²) < 4.78 is 0. The number of amides is 2. The first-order valence-electron chi connectivity index (χ1n) is 7.43. The third-order valence-electron chi connectivity index (χ3n) is 5.14. The predicted molar refractivity (Wildman–Crippen MR) is 77.8 cm³/mol. The monoisotopic (exact) mass is 298 g/mol. The molecular weight excluding hydrogens is 276 g/mol. The third-order valence-corrected chi connectivity index (χ3v) is 6.29. The number of likely N-dealkylation sites (tertiary alicyclic amines) is 1. The molecule has 3 rings (SSSR count). The summed E-state index contributed by atoms with van der Waals surface area (Å²) in [5.74, 6) is 1.80. The lowest BCUT2D eigenvalue weighted by molar-refractivity contribution is -0.142. The number of aliphatic carboxylic acids is 1. The Hall–Kier alpha value is -0.910. The van der Waals surface area contributed by atoms with Gasteiger partial charge in [0.1, 0.15) is 6.04 Å². The SMILES string of the molecule is CN(C(=O)N1CC2CCCC2C1C(=O)O)C1CCSC1. The maximum absolute atomic E-state index is 12.7. The summed E-state index contributed by atoms with van der Waals surface area (Å²) in [6.45, 7) is 0.630. The molecular formula is C14H22N2O3S. The summed E-state index contributed by atoms with van der Waals surface area (Å²) in [6, 6.07) is -0.423. The minimum absolute atomic E-state index is 0.0840. The summed E-state index contributed by atoms with van der Waals surface area (Å²) in [5, 5.41) is 9.51. The molecule has 6 heteroatoms. The number of carboxylic acid groups (broad SMARTS) is 1. The molecule has 112 valence electrons. The van der Waals surface area contributed by atoms with Gasteiger partial charge in [0.25, 0.3) is 0 Å². The van der Waals surface area contributed by atoms with E-state index < -0.39 is 12.0 Å². The fourth-order valence-electron chi connectivity index (χ4n) is 4.01. The van der Waals surface area contributed by atoms with E-state index in [-0.39, 0.29) is 18.0 Å². The molecule has 1 N–H and O–H groups in total. The van der Waals surface area contributed by atoms with Crippen LogP contribution in [0.2, 0.25) is 0 Å². The molecule has 4 atom stereocenters. The van der Waals surface area contributed by atoms with Gasteiger partial charge in [0.15, 0.2) is 0 Å². The molecule has 0 bridgehead atoms. The third kappa shape index (κ3) is 2.28. The summed E-state index contributed by atoms with van der Waals surface area (Å²) in [4.78, 5) is 27.6. The van der Waals surface area contributed by atoms with Crippen molar-refractivity contribution < 1.29 is 14.7 Å². The molecule has 1 aliphatic carbocycles. The minimum Gasteiger partial charge on any atom is -0.480 e. The van der Waals surface area contributed by atoms with Crippen LogP contribution in [0.15, 0.2) is 0 Å². The molecule has 2 saturated heterocycles. The molecule has 0 aromatic heterocycles. The highest BCUT2D eigenvalue weighted by molar-refractivity contribution is 7.99. The minimum atomic E-state index is -0.832. The van der Waals surface area contributed by atoms with E-state index in [1.165, 1.54) is 0 Å². The first-order chi connectivity index (χ1) is 9.59. The molecule has 2 amide bonds. The highest BCUT2D eigenvalue weighted by atomic mass is 32.2. The summed E-state index contributed by atoms with van der Waals surface area (Å²) in [7, 11) is 1.83. The largest absolute Gasteiger partial charge is 0.480 e. The Morgan fingerprint density at radius 2 is 2.10 bits per heavy atom. The van der Waals surface area contributed by atoms with Gasteiger partial charge in [0.2, 0.25) is 0 Å². The van der Waals surface area contributed by atoms with Gasteiger partial charge in [0.05, 0.1) is 0 Å². The second kappa shape index (κ2) is 5.47. The molecule has 2 aliphatic heterocycles. The number of carbonyl (C=O) groups excluding carboxylic acids is 1. The van der Waals surface area contributed by atoms with E-state index in [2.05, 4.69) is 0 Å². The van der Waals surface area contributed by atoms with Crippen molar-refractivity contribution in [2.45, 2.75) is 37.8 Å². The van der Waals surface area contributed by atoms with E-state index in [0.29, 0.717) is 12.5 Å². The van der Waals surface area contributed by atoms with Crippen molar-refractivity contribution in [1.29, 1.82) is 0 Å². The molecule has 0 spiro atoms. The van der Waals surface area contributed by atoms with Crippen LogP contribution in [0, 0.1) is 11.8 Å². The average molecular weight is 298 g/mol. The standard InChI is InChI=1S/C14H22N2O3S/c1-15(10-5-6-20-8-10)14(19)16-7-9-3-2-4-11(9)12(16)13(17)18/h9-12H,2-8H2,1H3,(H,17,18). The van der Waals surface area contributed by atoms with Crippen LogP contribution in [-0.4, -0.2) is 64.1 Å².